The maximum atomic E-state index is 11.5. The summed E-state index contributed by atoms with van der Waals surface area (Å²) in [5.41, 5.74) is 2.12. The van der Waals surface area contributed by atoms with E-state index < -0.39 is 5.97 Å². The highest BCUT2D eigenvalue weighted by Gasteiger charge is 2.21. The lowest BCUT2D eigenvalue weighted by Gasteiger charge is -2.32. The average Bonchev–Trinajstić information content (AvgIpc) is 2.79. The van der Waals surface area contributed by atoms with E-state index in [2.05, 4.69) is 21.8 Å². The molecule has 0 unspecified atom stereocenters. The van der Waals surface area contributed by atoms with Crippen molar-refractivity contribution < 1.29 is 9.90 Å². The van der Waals surface area contributed by atoms with Gasteiger partial charge in [-0.15, -0.1) is 0 Å². The molecule has 5 heteroatoms. The maximum absolute atomic E-state index is 11.5. The van der Waals surface area contributed by atoms with Crippen molar-refractivity contribution in [2.75, 3.05) is 33.2 Å². The molecule has 0 bridgehead atoms. The summed E-state index contributed by atoms with van der Waals surface area (Å²) in [6.45, 7) is 4.69. The molecule has 0 amide bonds. The Balaban J connectivity index is 1.90. The molecule has 1 aliphatic rings. The van der Waals surface area contributed by atoms with Crippen LogP contribution in [-0.4, -0.2) is 59.1 Å². The fraction of sp³-hybridized carbons (Fsp3) is 0.400. The monoisotopic (exact) mass is 273 g/mol. The van der Waals surface area contributed by atoms with Gasteiger partial charge in [-0.1, -0.05) is 18.2 Å². The molecule has 5 nitrogen and oxygen atoms in total. The van der Waals surface area contributed by atoms with Gasteiger partial charge in [0.2, 0.25) is 0 Å². The summed E-state index contributed by atoms with van der Waals surface area (Å²) in [5.74, 6) is -0.855. The number of carboxylic acids is 1. The van der Waals surface area contributed by atoms with Crippen LogP contribution in [0, 0.1) is 0 Å². The van der Waals surface area contributed by atoms with Gasteiger partial charge < -0.3 is 15.0 Å². The first-order valence-electron chi connectivity index (χ1n) is 6.89. The number of carboxylic acid groups (broad SMARTS) is 1. The highest BCUT2D eigenvalue weighted by Crippen LogP contribution is 2.23. The Morgan fingerprint density at radius 1 is 1.25 bits per heavy atom. The molecule has 1 aromatic carbocycles. The molecule has 1 saturated heterocycles. The van der Waals surface area contributed by atoms with E-state index in [1.165, 1.54) is 0 Å². The summed E-state index contributed by atoms with van der Waals surface area (Å²) in [7, 11) is 2.11. The van der Waals surface area contributed by atoms with Crippen LogP contribution in [0.2, 0.25) is 0 Å². The van der Waals surface area contributed by atoms with Crippen molar-refractivity contribution in [3.05, 3.63) is 35.5 Å². The van der Waals surface area contributed by atoms with E-state index in [1.807, 2.05) is 24.3 Å². The number of hydrogen-bond donors (Lipinski definition) is 2. The molecule has 1 fully saturated rings. The van der Waals surface area contributed by atoms with Crippen LogP contribution in [-0.2, 0) is 6.54 Å². The predicted molar refractivity (Wildman–Crippen MR) is 78.0 cm³/mol. The van der Waals surface area contributed by atoms with Crippen LogP contribution >= 0.6 is 0 Å². The van der Waals surface area contributed by atoms with Crippen LogP contribution in [0.5, 0.6) is 0 Å². The van der Waals surface area contributed by atoms with Crippen LogP contribution in [0.4, 0.5) is 0 Å². The van der Waals surface area contributed by atoms with Crippen molar-refractivity contribution in [3.63, 3.8) is 0 Å². The lowest BCUT2D eigenvalue weighted by molar-refractivity contribution is 0.0695. The second-order valence-electron chi connectivity index (χ2n) is 5.41. The molecule has 0 atom stereocenters. The number of benzene rings is 1. The minimum absolute atomic E-state index is 0.416. The molecule has 0 spiro atoms. The number of nitrogens with zero attached hydrogens (tertiary/aromatic N) is 2. The van der Waals surface area contributed by atoms with Crippen molar-refractivity contribution in [1.82, 2.24) is 14.8 Å². The summed E-state index contributed by atoms with van der Waals surface area (Å²) in [6.07, 6.45) is 0. The van der Waals surface area contributed by atoms with Crippen LogP contribution in [0.1, 0.15) is 16.1 Å². The summed E-state index contributed by atoms with van der Waals surface area (Å²) in [5, 5.41) is 10.3. The molecule has 2 aromatic rings. The van der Waals surface area contributed by atoms with Gasteiger partial charge in [0.1, 0.15) is 0 Å². The number of fused-ring (bicyclic) bond motifs is 1. The Bertz CT molecular complexity index is 627. The van der Waals surface area contributed by atoms with Crippen molar-refractivity contribution in [1.29, 1.82) is 0 Å². The highest BCUT2D eigenvalue weighted by atomic mass is 16.4. The standard InChI is InChI=1S/C15H19N3O2/c1-17-6-8-18(9-7-17)10-13-14(15(19)20)11-4-2-3-5-12(11)16-13/h2-5,16H,6-10H2,1H3,(H,19,20). The lowest BCUT2D eigenvalue weighted by atomic mass is 10.1. The quantitative estimate of drug-likeness (QED) is 0.892. The average molecular weight is 273 g/mol. The van der Waals surface area contributed by atoms with E-state index in [9.17, 15) is 9.90 Å². The van der Waals surface area contributed by atoms with Gasteiger partial charge in [-0.05, 0) is 13.1 Å². The topological polar surface area (TPSA) is 59.6 Å². The molecular formula is C15H19N3O2. The summed E-state index contributed by atoms with van der Waals surface area (Å²) >= 11 is 0. The third kappa shape index (κ3) is 2.42. The molecule has 106 valence electrons. The highest BCUT2D eigenvalue weighted by molar-refractivity contribution is 6.04. The van der Waals surface area contributed by atoms with Crippen molar-refractivity contribution in [2.45, 2.75) is 6.54 Å². The Labute approximate surface area is 117 Å². The number of para-hydroxylation sites is 1. The fourth-order valence-corrected chi connectivity index (χ4v) is 2.79. The van der Waals surface area contributed by atoms with Gasteiger partial charge in [-0.3, -0.25) is 4.90 Å². The number of piperazine rings is 1. The first-order valence-corrected chi connectivity index (χ1v) is 6.89. The Hall–Kier alpha value is -1.85. The van der Waals surface area contributed by atoms with E-state index >= 15 is 0 Å². The number of aromatic amines is 1. The predicted octanol–water partition coefficient (Wildman–Crippen LogP) is 1.61. The number of carbonyl (C=O) groups is 1. The van der Waals surface area contributed by atoms with Crippen molar-refractivity contribution in [2.24, 2.45) is 0 Å². The minimum atomic E-state index is -0.855. The largest absolute Gasteiger partial charge is 0.478 e. The van der Waals surface area contributed by atoms with E-state index in [4.69, 9.17) is 0 Å². The van der Waals surface area contributed by atoms with Gasteiger partial charge in [0.05, 0.1) is 5.56 Å². The molecular weight excluding hydrogens is 254 g/mol. The summed E-state index contributed by atoms with van der Waals surface area (Å²) < 4.78 is 0. The first kappa shape index (κ1) is 13.1. The number of H-pyrrole nitrogens is 1. The second-order valence-corrected chi connectivity index (χ2v) is 5.41. The van der Waals surface area contributed by atoms with Gasteiger partial charge in [0.15, 0.2) is 0 Å². The number of aromatic nitrogens is 1. The third-order valence-electron chi connectivity index (χ3n) is 3.98. The molecule has 0 aliphatic carbocycles. The van der Waals surface area contributed by atoms with Crippen LogP contribution < -0.4 is 0 Å². The number of nitrogens with one attached hydrogen (secondary N) is 1. The number of rotatable bonds is 3. The van der Waals surface area contributed by atoms with Crippen LogP contribution in [0.15, 0.2) is 24.3 Å². The molecule has 2 heterocycles. The Morgan fingerprint density at radius 2 is 1.95 bits per heavy atom. The molecule has 0 saturated carbocycles. The van der Waals surface area contributed by atoms with Crippen LogP contribution in [0.3, 0.4) is 0 Å². The molecule has 20 heavy (non-hydrogen) atoms. The van der Waals surface area contributed by atoms with Crippen LogP contribution in [0.25, 0.3) is 10.9 Å². The number of likely N-dealkylation sites (N-methyl/N-ethyl adjacent to an activating group) is 1. The zero-order valence-corrected chi connectivity index (χ0v) is 11.6. The minimum Gasteiger partial charge on any atom is -0.478 e. The first-order chi connectivity index (χ1) is 9.65. The molecule has 1 aliphatic heterocycles. The lowest BCUT2D eigenvalue weighted by Crippen LogP contribution is -2.44. The molecule has 1 aromatic heterocycles. The van der Waals surface area contributed by atoms with Crippen molar-refractivity contribution >= 4 is 16.9 Å². The molecule has 0 radical (unpaired) electrons. The number of hydrogen-bond acceptors (Lipinski definition) is 3. The van der Waals surface area contributed by atoms with Gasteiger partial charge in [0.25, 0.3) is 0 Å². The van der Waals surface area contributed by atoms with E-state index in [0.717, 1.165) is 42.8 Å². The third-order valence-corrected chi connectivity index (χ3v) is 3.98. The zero-order chi connectivity index (χ0) is 14.1. The number of aromatic carboxylic acids is 1. The van der Waals surface area contributed by atoms with Gasteiger partial charge >= 0.3 is 5.97 Å². The van der Waals surface area contributed by atoms with E-state index in [-0.39, 0.29) is 0 Å². The molecule has 3 rings (SSSR count). The normalized spacial score (nSPS) is 17.6. The Morgan fingerprint density at radius 3 is 2.65 bits per heavy atom. The summed E-state index contributed by atoms with van der Waals surface area (Å²) in [6, 6.07) is 7.59. The van der Waals surface area contributed by atoms with Gasteiger partial charge in [0, 0.05) is 49.3 Å². The fourth-order valence-electron chi connectivity index (χ4n) is 2.79. The maximum Gasteiger partial charge on any atom is 0.338 e. The zero-order valence-electron chi connectivity index (χ0n) is 11.6. The smallest absolute Gasteiger partial charge is 0.338 e. The molecule has 2 N–H and O–H groups in total. The summed E-state index contributed by atoms with van der Waals surface area (Å²) in [4.78, 5) is 19.4. The van der Waals surface area contributed by atoms with Gasteiger partial charge in [-0.25, -0.2) is 4.79 Å². The van der Waals surface area contributed by atoms with E-state index in [1.54, 1.807) is 0 Å². The Kier molecular flexibility index (Phi) is 3.46. The van der Waals surface area contributed by atoms with E-state index in [0.29, 0.717) is 12.1 Å². The van der Waals surface area contributed by atoms with Gasteiger partial charge in [-0.2, -0.15) is 0 Å². The SMILES string of the molecule is CN1CCN(Cc2[nH]c3ccccc3c2C(=O)O)CC1. The van der Waals surface area contributed by atoms with Crippen molar-refractivity contribution in [3.8, 4) is 0 Å². The second kappa shape index (κ2) is 5.26.